The van der Waals surface area contributed by atoms with Crippen LogP contribution in [0.4, 0.5) is 0 Å². The van der Waals surface area contributed by atoms with Crippen LogP contribution in [0.15, 0.2) is 70.1 Å². The van der Waals surface area contributed by atoms with E-state index in [1.807, 2.05) is 30.5 Å². The highest BCUT2D eigenvalue weighted by Gasteiger charge is 2.28. The van der Waals surface area contributed by atoms with Gasteiger partial charge in [-0.05, 0) is 47.7 Å². The summed E-state index contributed by atoms with van der Waals surface area (Å²) in [7, 11) is 0. The van der Waals surface area contributed by atoms with E-state index in [0.29, 0.717) is 6.54 Å². The molecule has 4 aromatic rings. The zero-order chi connectivity index (χ0) is 20.0. The van der Waals surface area contributed by atoms with Crippen LogP contribution in [0, 0.1) is 0 Å². The Kier molecular flexibility index (Phi) is 4.63. The molecule has 0 saturated heterocycles. The van der Waals surface area contributed by atoms with Gasteiger partial charge in [0.2, 0.25) is 0 Å². The number of benzene rings is 2. The number of nitrogens with zero attached hydrogens (tertiary/aromatic N) is 3. The molecule has 0 N–H and O–H groups in total. The molecule has 0 unspecified atom stereocenters. The second kappa shape index (κ2) is 7.30. The minimum absolute atomic E-state index is 0.0316. The third-order valence-electron chi connectivity index (χ3n) is 5.86. The highest BCUT2D eigenvalue weighted by atomic mass is 79.9. The lowest BCUT2D eigenvalue weighted by Crippen LogP contribution is -2.24. The number of hydrogen-bond acceptors (Lipinski definition) is 2. The fourth-order valence-electron chi connectivity index (χ4n) is 4.51. The summed E-state index contributed by atoms with van der Waals surface area (Å²) in [6.07, 6.45) is 4.69. The van der Waals surface area contributed by atoms with Gasteiger partial charge in [0.1, 0.15) is 11.3 Å². The zero-order valence-corrected chi connectivity index (χ0v) is 17.9. The first-order chi connectivity index (χ1) is 14.2. The van der Waals surface area contributed by atoms with Gasteiger partial charge in [0.15, 0.2) is 0 Å². The summed E-state index contributed by atoms with van der Waals surface area (Å²) in [5, 5.41) is 0. The molecule has 0 bridgehead atoms. The van der Waals surface area contributed by atoms with Gasteiger partial charge in [0.05, 0.1) is 18.1 Å². The van der Waals surface area contributed by atoms with Gasteiger partial charge >= 0.3 is 0 Å². The first-order valence-electron chi connectivity index (χ1n) is 10.1. The van der Waals surface area contributed by atoms with E-state index < -0.39 is 0 Å². The molecule has 0 fully saturated rings. The van der Waals surface area contributed by atoms with Crippen molar-refractivity contribution in [3.63, 3.8) is 0 Å². The minimum Gasteiger partial charge on any atom is -0.316 e. The summed E-state index contributed by atoms with van der Waals surface area (Å²) in [4.78, 5) is 18.3. The molecule has 29 heavy (non-hydrogen) atoms. The second-order valence-electron chi connectivity index (χ2n) is 7.62. The first kappa shape index (κ1) is 18.4. The highest BCUT2D eigenvalue weighted by molar-refractivity contribution is 9.10. The third kappa shape index (κ3) is 3.14. The van der Waals surface area contributed by atoms with Gasteiger partial charge in [-0.15, -0.1) is 0 Å². The molecule has 5 rings (SSSR count). The van der Waals surface area contributed by atoms with E-state index in [1.165, 1.54) is 11.1 Å². The van der Waals surface area contributed by atoms with E-state index in [0.717, 1.165) is 46.2 Å². The quantitative estimate of drug-likeness (QED) is 0.436. The molecule has 0 aliphatic heterocycles. The maximum absolute atomic E-state index is 13.5. The van der Waals surface area contributed by atoms with Crippen LogP contribution >= 0.6 is 15.9 Å². The maximum Gasteiger partial charge on any atom is 0.277 e. The van der Waals surface area contributed by atoms with Crippen LogP contribution in [0.3, 0.4) is 0 Å². The van der Waals surface area contributed by atoms with E-state index in [1.54, 1.807) is 4.57 Å². The summed E-state index contributed by atoms with van der Waals surface area (Å²) >= 11 is 3.58. The zero-order valence-electron chi connectivity index (χ0n) is 16.3. The van der Waals surface area contributed by atoms with Gasteiger partial charge in [-0.25, -0.2) is 4.98 Å². The normalized spacial score (nSPS) is 15.7. The van der Waals surface area contributed by atoms with Gasteiger partial charge < -0.3 is 9.13 Å². The molecule has 5 heteroatoms. The van der Waals surface area contributed by atoms with Gasteiger partial charge in [-0.3, -0.25) is 4.79 Å². The van der Waals surface area contributed by atoms with E-state index in [2.05, 4.69) is 57.8 Å². The Morgan fingerprint density at radius 3 is 2.76 bits per heavy atom. The molecule has 0 spiro atoms. The number of halogens is 1. The van der Waals surface area contributed by atoms with Crippen molar-refractivity contribution in [1.82, 2.24) is 14.1 Å². The maximum atomic E-state index is 13.5. The summed E-state index contributed by atoms with van der Waals surface area (Å²) in [5.74, 6) is 0.982. The molecule has 2 aromatic carbocycles. The predicted molar refractivity (Wildman–Crippen MR) is 120 cm³/mol. The number of aromatic nitrogens is 3. The molecule has 0 amide bonds. The number of pyridine rings is 1. The van der Waals surface area contributed by atoms with Crippen LogP contribution in [0.25, 0.3) is 11.0 Å². The molecular weight excluding hydrogens is 426 g/mol. The smallest absolute Gasteiger partial charge is 0.277 e. The topological polar surface area (TPSA) is 39.8 Å². The number of hydrogen-bond donors (Lipinski definition) is 0. The van der Waals surface area contributed by atoms with Crippen LogP contribution in [0.2, 0.25) is 0 Å². The first-order valence-corrected chi connectivity index (χ1v) is 10.9. The molecule has 1 atom stereocenters. The number of imidazole rings is 1. The fraction of sp³-hybridized carbons (Fsp3) is 0.250. The molecule has 2 heterocycles. The Balaban J connectivity index is 1.67. The minimum atomic E-state index is 0.0316. The average Bonchev–Trinajstić information content (AvgIpc) is 3.31. The predicted octanol–water partition coefficient (Wildman–Crippen LogP) is 5.11. The van der Waals surface area contributed by atoms with Crippen molar-refractivity contribution in [1.29, 1.82) is 0 Å². The van der Waals surface area contributed by atoms with Gasteiger partial charge in [0.25, 0.3) is 5.56 Å². The van der Waals surface area contributed by atoms with Gasteiger partial charge in [-0.1, -0.05) is 59.3 Å². The van der Waals surface area contributed by atoms with Crippen molar-refractivity contribution in [2.75, 3.05) is 0 Å². The highest BCUT2D eigenvalue weighted by Crippen LogP contribution is 2.38. The monoisotopic (exact) mass is 447 g/mol. The average molecular weight is 448 g/mol. The molecule has 146 valence electrons. The van der Waals surface area contributed by atoms with Crippen LogP contribution < -0.4 is 5.56 Å². The van der Waals surface area contributed by atoms with Gasteiger partial charge in [0, 0.05) is 17.1 Å². The lowest BCUT2D eigenvalue weighted by molar-refractivity contribution is 0.567. The molecule has 2 aromatic heterocycles. The number of fused-ring (bicyclic) bond motifs is 2. The van der Waals surface area contributed by atoms with Crippen molar-refractivity contribution in [2.45, 2.75) is 38.8 Å². The van der Waals surface area contributed by atoms with Crippen molar-refractivity contribution in [3.05, 3.63) is 98.1 Å². The van der Waals surface area contributed by atoms with Crippen molar-refractivity contribution < 1.29 is 0 Å². The van der Waals surface area contributed by atoms with Crippen LogP contribution in [-0.4, -0.2) is 14.1 Å². The molecule has 0 radical (unpaired) electrons. The molecule has 1 aliphatic carbocycles. The number of rotatable bonds is 4. The summed E-state index contributed by atoms with van der Waals surface area (Å²) in [5.41, 5.74) is 5.33. The van der Waals surface area contributed by atoms with Crippen molar-refractivity contribution in [3.8, 4) is 0 Å². The van der Waals surface area contributed by atoms with Crippen molar-refractivity contribution >= 4 is 27.0 Å². The Hall–Kier alpha value is -2.66. The lowest BCUT2D eigenvalue weighted by Gasteiger charge is -2.18. The summed E-state index contributed by atoms with van der Waals surface area (Å²) < 4.78 is 5.11. The Labute approximate surface area is 178 Å². The Morgan fingerprint density at radius 1 is 1.14 bits per heavy atom. The van der Waals surface area contributed by atoms with E-state index in [-0.39, 0.29) is 11.6 Å². The van der Waals surface area contributed by atoms with E-state index in [9.17, 15) is 4.79 Å². The molecule has 4 nitrogen and oxygen atoms in total. The second-order valence-corrected chi connectivity index (χ2v) is 8.53. The molecule has 1 aliphatic rings. The number of aryl methyl sites for hydroxylation is 2. The van der Waals surface area contributed by atoms with Crippen molar-refractivity contribution in [2.24, 2.45) is 0 Å². The largest absolute Gasteiger partial charge is 0.316 e. The van der Waals surface area contributed by atoms with Crippen LogP contribution in [0.5, 0.6) is 0 Å². The Morgan fingerprint density at radius 2 is 1.97 bits per heavy atom. The molecule has 0 saturated carbocycles. The van der Waals surface area contributed by atoms with E-state index >= 15 is 0 Å². The van der Waals surface area contributed by atoms with Crippen LogP contribution in [-0.2, 0) is 19.4 Å². The Bertz CT molecular complexity index is 1260. The third-order valence-corrected chi connectivity index (χ3v) is 6.35. The lowest BCUT2D eigenvalue weighted by atomic mass is 10.1. The standard InChI is InChI=1S/C24H22BrN3O/c1-2-22-26-20-12-13-27(15-16-6-4-3-5-7-16)24(29)23(20)28(22)21-11-8-17-14-18(25)9-10-19(17)21/h3-7,9-10,12-14,21H,2,8,11,15H2,1H3/t21-/m0/s1. The molecular formula is C24H22BrN3O. The van der Waals surface area contributed by atoms with Crippen LogP contribution in [0.1, 0.15) is 41.9 Å². The SMILES string of the molecule is CCc1nc2ccn(Cc3ccccc3)c(=O)c2n1[C@H]1CCc2cc(Br)ccc21. The summed E-state index contributed by atoms with van der Waals surface area (Å²) in [6, 6.07) is 18.7. The van der Waals surface area contributed by atoms with Gasteiger partial charge in [-0.2, -0.15) is 0 Å². The fourth-order valence-corrected chi connectivity index (χ4v) is 4.92. The van der Waals surface area contributed by atoms with E-state index in [4.69, 9.17) is 4.98 Å². The summed E-state index contributed by atoms with van der Waals surface area (Å²) in [6.45, 7) is 2.67.